The van der Waals surface area contributed by atoms with E-state index in [-0.39, 0.29) is 30.4 Å². The van der Waals surface area contributed by atoms with Gasteiger partial charge in [0.15, 0.2) is 0 Å². The number of aliphatic hydroxyl groups is 1. The van der Waals surface area contributed by atoms with Crippen LogP contribution in [0.4, 0.5) is 0 Å². The first-order chi connectivity index (χ1) is 14.5. The molecule has 1 aliphatic rings. The van der Waals surface area contributed by atoms with Gasteiger partial charge in [-0.05, 0) is 62.8 Å². The van der Waals surface area contributed by atoms with E-state index in [0.29, 0.717) is 12.8 Å². The average Bonchev–Trinajstić information content (AvgIpc) is 3.08. The van der Waals surface area contributed by atoms with E-state index in [1.807, 2.05) is 11.0 Å². The van der Waals surface area contributed by atoms with Crippen molar-refractivity contribution in [3.05, 3.63) is 35.9 Å². The van der Waals surface area contributed by atoms with Crippen LogP contribution in [-0.2, 0) is 16.0 Å². The van der Waals surface area contributed by atoms with Gasteiger partial charge >= 0.3 is 5.97 Å². The number of benzene rings is 1. The van der Waals surface area contributed by atoms with E-state index in [9.17, 15) is 14.7 Å². The molecule has 0 radical (unpaired) electrons. The summed E-state index contributed by atoms with van der Waals surface area (Å²) in [4.78, 5) is 24.8. The molecule has 0 saturated carbocycles. The molecule has 168 valence electrons. The maximum atomic E-state index is 12.2. The van der Waals surface area contributed by atoms with E-state index in [1.54, 1.807) is 0 Å². The van der Waals surface area contributed by atoms with Gasteiger partial charge in [0.1, 0.15) is 0 Å². The minimum Gasteiger partial charge on any atom is -0.481 e. The molecule has 1 aromatic carbocycles. The van der Waals surface area contributed by atoms with Gasteiger partial charge in [-0.25, -0.2) is 0 Å². The predicted molar refractivity (Wildman–Crippen MR) is 119 cm³/mol. The fourth-order valence-electron chi connectivity index (χ4n) is 4.43. The number of hydrogen-bond acceptors (Lipinski definition) is 3. The highest BCUT2D eigenvalue weighted by atomic mass is 16.4. The molecule has 0 aromatic heterocycles. The second-order valence-corrected chi connectivity index (χ2v) is 8.84. The number of aliphatic hydroxyl groups excluding tert-OH is 1. The molecule has 0 bridgehead atoms. The molecule has 0 unspecified atom stereocenters. The van der Waals surface area contributed by atoms with Crippen LogP contribution in [0.25, 0.3) is 0 Å². The molecule has 1 amide bonds. The van der Waals surface area contributed by atoms with Crippen molar-refractivity contribution in [1.29, 1.82) is 0 Å². The number of carboxylic acid groups (broad SMARTS) is 1. The van der Waals surface area contributed by atoms with Crippen molar-refractivity contribution in [2.75, 3.05) is 6.54 Å². The molecule has 5 nitrogen and oxygen atoms in total. The van der Waals surface area contributed by atoms with E-state index >= 15 is 0 Å². The monoisotopic (exact) mass is 417 g/mol. The van der Waals surface area contributed by atoms with E-state index in [1.165, 1.54) is 5.56 Å². The van der Waals surface area contributed by atoms with Gasteiger partial charge in [0, 0.05) is 25.4 Å². The Kier molecular flexibility index (Phi) is 10.9. The molecule has 1 saturated heterocycles. The van der Waals surface area contributed by atoms with Crippen LogP contribution in [0.2, 0.25) is 0 Å². The van der Waals surface area contributed by atoms with Crippen molar-refractivity contribution >= 4 is 11.9 Å². The van der Waals surface area contributed by atoms with Crippen molar-refractivity contribution in [1.82, 2.24) is 4.90 Å². The number of likely N-dealkylation sites (tertiary alicyclic amines) is 1. The van der Waals surface area contributed by atoms with Gasteiger partial charge in [0.05, 0.1) is 6.10 Å². The molecule has 1 heterocycles. The lowest BCUT2D eigenvalue weighted by molar-refractivity contribution is -0.137. The zero-order chi connectivity index (χ0) is 21.8. The average molecular weight is 418 g/mol. The Morgan fingerprint density at radius 2 is 1.83 bits per heavy atom. The fraction of sp³-hybridized carbons (Fsp3) is 0.680. The highest BCUT2D eigenvalue weighted by Crippen LogP contribution is 2.26. The van der Waals surface area contributed by atoms with Gasteiger partial charge in [-0.15, -0.1) is 0 Å². The summed E-state index contributed by atoms with van der Waals surface area (Å²) in [7, 11) is 0. The summed E-state index contributed by atoms with van der Waals surface area (Å²) in [5, 5.41) is 19.3. The van der Waals surface area contributed by atoms with Crippen LogP contribution < -0.4 is 0 Å². The second kappa shape index (κ2) is 13.4. The van der Waals surface area contributed by atoms with Crippen LogP contribution >= 0.6 is 0 Å². The number of carbonyl (C=O) groups excluding carboxylic acids is 1. The first kappa shape index (κ1) is 24.4. The lowest BCUT2D eigenvalue weighted by atomic mass is 9.92. The third-order valence-corrected chi connectivity index (χ3v) is 6.41. The predicted octanol–water partition coefficient (Wildman–Crippen LogP) is 4.81. The van der Waals surface area contributed by atoms with Gasteiger partial charge in [0.25, 0.3) is 0 Å². The topological polar surface area (TPSA) is 77.8 Å². The maximum Gasteiger partial charge on any atom is 0.303 e. The summed E-state index contributed by atoms with van der Waals surface area (Å²) < 4.78 is 0. The lowest BCUT2D eigenvalue weighted by Crippen LogP contribution is -2.35. The van der Waals surface area contributed by atoms with Crippen LogP contribution in [-0.4, -0.2) is 45.7 Å². The summed E-state index contributed by atoms with van der Waals surface area (Å²) in [6.45, 7) is 2.89. The van der Waals surface area contributed by atoms with Gasteiger partial charge in [-0.2, -0.15) is 0 Å². The standard InChI is InChI=1S/C25H39NO4/c1-20(10-9-13-21-11-5-4-6-12-21)23(27)17-15-22-16-18-24(28)26(22)19-8-3-2-7-14-25(29)30/h4-6,11-12,20,22-23,27H,2-3,7-10,13-19H2,1H3,(H,29,30)/t20-,22-,23+/m0/s1. The van der Waals surface area contributed by atoms with Gasteiger partial charge < -0.3 is 15.1 Å². The minimum atomic E-state index is -0.738. The summed E-state index contributed by atoms with van der Waals surface area (Å²) in [5.74, 6) is -0.234. The Morgan fingerprint density at radius 3 is 2.57 bits per heavy atom. The molecule has 1 aromatic rings. The molecule has 1 aliphatic heterocycles. The maximum absolute atomic E-state index is 12.2. The molecule has 1 fully saturated rings. The molecule has 2 N–H and O–H groups in total. The van der Waals surface area contributed by atoms with Gasteiger partial charge in [-0.1, -0.05) is 50.1 Å². The number of rotatable bonds is 15. The summed E-state index contributed by atoms with van der Waals surface area (Å²) in [6, 6.07) is 10.7. The van der Waals surface area contributed by atoms with Crippen LogP contribution in [0.15, 0.2) is 30.3 Å². The van der Waals surface area contributed by atoms with Crippen LogP contribution in [0.5, 0.6) is 0 Å². The molecule has 0 aliphatic carbocycles. The molecule has 3 atom stereocenters. The quantitative estimate of drug-likeness (QED) is 0.401. The number of unbranched alkanes of at least 4 members (excludes halogenated alkanes) is 3. The first-order valence-corrected chi connectivity index (χ1v) is 11.7. The van der Waals surface area contributed by atoms with Crippen LogP contribution in [0, 0.1) is 5.92 Å². The van der Waals surface area contributed by atoms with Crippen LogP contribution in [0.3, 0.4) is 0 Å². The SMILES string of the molecule is C[C@@H](CCCc1ccccc1)[C@H](O)CC[C@H]1CCC(=O)N1CCCCCCC(=O)O. The number of aryl methyl sites for hydroxylation is 1. The van der Waals surface area contributed by atoms with Crippen LogP contribution in [0.1, 0.15) is 83.1 Å². The number of aliphatic carboxylic acids is 1. The third kappa shape index (κ3) is 8.86. The molecule has 2 rings (SSSR count). The Hall–Kier alpha value is -1.88. The van der Waals surface area contributed by atoms with Crippen molar-refractivity contribution < 1.29 is 19.8 Å². The Labute approximate surface area is 181 Å². The minimum absolute atomic E-state index is 0.229. The van der Waals surface area contributed by atoms with Gasteiger partial charge in [0.2, 0.25) is 5.91 Å². The van der Waals surface area contributed by atoms with E-state index in [2.05, 4.69) is 31.2 Å². The number of hydrogen-bond donors (Lipinski definition) is 2. The highest BCUT2D eigenvalue weighted by Gasteiger charge is 2.30. The largest absolute Gasteiger partial charge is 0.481 e. The number of carboxylic acids is 1. The number of nitrogens with zero attached hydrogens (tertiary/aromatic N) is 1. The van der Waals surface area contributed by atoms with Crippen molar-refractivity contribution in [3.8, 4) is 0 Å². The highest BCUT2D eigenvalue weighted by molar-refractivity contribution is 5.78. The molecule has 5 heteroatoms. The fourth-order valence-corrected chi connectivity index (χ4v) is 4.43. The Balaban J connectivity index is 1.63. The van der Waals surface area contributed by atoms with Gasteiger partial charge in [-0.3, -0.25) is 9.59 Å². The van der Waals surface area contributed by atoms with Crippen molar-refractivity contribution in [3.63, 3.8) is 0 Å². The number of amides is 1. The summed E-state index contributed by atoms with van der Waals surface area (Å²) >= 11 is 0. The Morgan fingerprint density at radius 1 is 1.10 bits per heavy atom. The lowest BCUT2D eigenvalue weighted by Gasteiger charge is -2.27. The van der Waals surface area contributed by atoms with Crippen molar-refractivity contribution in [2.24, 2.45) is 5.92 Å². The zero-order valence-corrected chi connectivity index (χ0v) is 18.5. The molecule has 0 spiro atoms. The first-order valence-electron chi connectivity index (χ1n) is 11.7. The normalized spacial score (nSPS) is 18.5. The second-order valence-electron chi connectivity index (χ2n) is 8.84. The van der Waals surface area contributed by atoms with E-state index in [0.717, 1.165) is 64.3 Å². The Bertz CT molecular complexity index is 633. The summed E-state index contributed by atoms with van der Waals surface area (Å²) in [5.41, 5.74) is 1.35. The third-order valence-electron chi connectivity index (χ3n) is 6.41. The molecular weight excluding hydrogens is 378 g/mol. The smallest absolute Gasteiger partial charge is 0.303 e. The van der Waals surface area contributed by atoms with Crippen molar-refractivity contribution in [2.45, 2.75) is 96.1 Å². The number of carbonyl (C=O) groups is 2. The molecule has 30 heavy (non-hydrogen) atoms. The van der Waals surface area contributed by atoms with E-state index in [4.69, 9.17) is 5.11 Å². The molecular formula is C25H39NO4. The zero-order valence-electron chi connectivity index (χ0n) is 18.5. The summed E-state index contributed by atoms with van der Waals surface area (Å²) in [6.07, 6.45) is 9.70. The van der Waals surface area contributed by atoms with E-state index < -0.39 is 5.97 Å².